The van der Waals surface area contributed by atoms with E-state index >= 15 is 0 Å². The van der Waals surface area contributed by atoms with Crippen molar-refractivity contribution >= 4 is 0 Å². The van der Waals surface area contributed by atoms with Crippen molar-refractivity contribution in [2.75, 3.05) is 6.61 Å². The van der Waals surface area contributed by atoms with E-state index in [1.165, 1.54) is 0 Å². The monoisotopic (exact) mass is 143 g/mol. The van der Waals surface area contributed by atoms with Gasteiger partial charge in [-0.15, -0.1) is 0 Å². The van der Waals surface area contributed by atoms with E-state index in [0.717, 1.165) is 0 Å². The van der Waals surface area contributed by atoms with Gasteiger partial charge in [0.2, 0.25) is 0 Å². The van der Waals surface area contributed by atoms with Crippen LogP contribution >= 0.6 is 0 Å². The maximum absolute atomic E-state index is 8.52. The summed E-state index contributed by atoms with van der Waals surface area (Å²) in [5.74, 6) is 0.968. The van der Waals surface area contributed by atoms with E-state index in [0.29, 0.717) is 18.1 Å². The van der Waals surface area contributed by atoms with Gasteiger partial charge in [-0.3, -0.25) is 5.10 Å². The zero-order valence-corrected chi connectivity index (χ0v) is 5.41. The van der Waals surface area contributed by atoms with E-state index in [1.54, 1.807) is 0 Å². The molecule has 3 N–H and O–H groups in total. The average Bonchev–Trinajstić information content (AvgIpc) is 2.37. The van der Waals surface area contributed by atoms with Crippen molar-refractivity contribution in [3.05, 3.63) is 11.6 Å². The SMILES string of the molecule is OCCc1n[nH]c(CO)n1. The van der Waals surface area contributed by atoms with Gasteiger partial charge in [0.25, 0.3) is 0 Å². The summed E-state index contributed by atoms with van der Waals surface area (Å²) in [5, 5.41) is 23.2. The summed E-state index contributed by atoms with van der Waals surface area (Å²) in [7, 11) is 0. The van der Waals surface area contributed by atoms with E-state index in [-0.39, 0.29) is 13.2 Å². The second kappa shape index (κ2) is 3.28. The quantitative estimate of drug-likeness (QED) is 0.498. The van der Waals surface area contributed by atoms with Crippen LogP contribution in [0.25, 0.3) is 0 Å². The zero-order chi connectivity index (χ0) is 7.40. The third-order valence-electron chi connectivity index (χ3n) is 1.06. The Hall–Kier alpha value is -0.940. The molecule has 0 fully saturated rings. The number of H-pyrrole nitrogens is 1. The van der Waals surface area contributed by atoms with Crippen molar-refractivity contribution in [1.82, 2.24) is 15.2 Å². The molecule has 0 saturated carbocycles. The summed E-state index contributed by atoms with van der Waals surface area (Å²) in [4.78, 5) is 3.84. The van der Waals surface area contributed by atoms with E-state index in [9.17, 15) is 0 Å². The molecule has 0 aliphatic heterocycles. The first kappa shape index (κ1) is 7.17. The summed E-state index contributed by atoms with van der Waals surface area (Å²) in [5.41, 5.74) is 0. The number of nitrogens with zero attached hydrogens (tertiary/aromatic N) is 2. The number of nitrogens with one attached hydrogen (secondary N) is 1. The molecular weight excluding hydrogens is 134 g/mol. The van der Waals surface area contributed by atoms with Crippen molar-refractivity contribution in [2.24, 2.45) is 0 Å². The molecular formula is C5H9N3O2. The highest BCUT2D eigenvalue weighted by Crippen LogP contribution is 1.91. The second-order valence-electron chi connectivity index (χ2n) is 1.83. The number of hydrogen-bond acceptors (Lipinski definition) is 4. The van der Waals surface area contributed by atoms with Gasteiger partial charge >= 0.3 is 0 Å². The summed E-state index contributed by atoms with van der Waals surface area (Å²) in [6, 6.07) is 0. The lowest BCUT2D eigenvalue weighted by Gasteiger charge is -1.84. The number of hydrogen-bond donors (Lipinski definition) is 3. The molecule has 56 valence electrons. The lowest BCUT2D eigenvalue weighted by Crippen LogP contribution is -1.92. The van der Waals surface area contributed by atoms with E-state index < -0.39 is 0 Å². The molecule has 1 heterocycles. The van der Waals surface area contributed by atoms with Crippen LogP contribution in [0, 0.1) is 0 Å². The van der Waals surface area contributed by atoms with Gasteiger partial charge in [-0.25, -0.2) is 4.98 Å². The molecule has 1 aromatic heterocycles. The van der Waals surface area contributed by atoms with Crippen molar-refractivity contribution in [3.63, 3.8) is 0 Å². The van der Waals surface area contributed by atoms with Gasteiger partial charge in [-0.05, 0) is 0 Å². The van der Waals surface area contributed by atoms with Crippen LogP contribution in [-0.2, 0) is 13.0 Å². The van der Waals surface area contributed by atoms with Gasteiger partial charge in [0.05, 0.1) is 6.61 Å². The van der Waals surface area contributed by atoms with Crippen LogP contribution in [0.15, 0.2) is 0 Å². The number of rotatable bonds is 3. The second-order valence-corrected chi connectivity index (χ2v) is 1.83. The minimum atomic E-state index is -0.140. The molecule has 0 aromatic carbocycles. The molecule has 0 amide bonds. The molecule has 5 heteroatoms. The van der Waals surface area contributed by atoms with Gasteiger partial charge in [0, 0.05) is 6.42 Å². The Balaban J connectivity index is 2.59. The van der Waals surface area contributed by atoms with Gasteiger partial charge in [-0.1, -0.05) is 0 Å². The minimum Gasteiger partial charge on any atom is -0.396 e. The Morgan fingerprint density at radius 3 is 2.70 bits per heavy atom. The first-order chi connectivity index (χ1) is 4.86. The molecule has 1 rings (SSSR count). The maximum atomic E-state index is 8.52. The fourth-order valence-electron chi connectivity index (χ4n) is 0.617. The summed E-state index contributed by atoms with van der Waals surface area (Å²) < 4.78 is 0. The standard InChI is InChI=1S/C5H9N3O2/c9-2-1-4-6-5(3-10)8-7-4/h9-10H,1-3H2,(H,6,7,8). The topological polar surface area (TPSA) is 82.0 Å². The molecule has 0 unspecified atom stereocenters. The summed E-state index contributed by atoms with van der Waals surface area (Å²) in [6.45, 7) is -0.110. The number of aliphatic hydroxyl groups excluding tert-OH is 2. The molecule has 0 saturated heterocycles. The van der Waals surface area contributed by atoms with Crippen molar-refractivity contribution < 1.29 is 10.2 Å². The van der Waals surface area contributed by atoms with Crippen molar-refractivity contribution in [2.45, 2.75) is 13.0 Å². The van der Waals surface area contributed by atoms with Crippen LogP contribution in [0.1, 0.15) is 11.6 Å². The Labute approximate surface area is 57.7 Å². The molecule has 5 nitrogen and oxygen atoms in total. The molecule has 0 atom stereocenters. The fraction of sp³-hybridized carbons (Fsp3) is 0.600. The van der Waals surface area contributed by atoms with Crippen molar-refractivity contribution in [3.8, 4) is 0 Å². The normalized spacial score (nSPS) is 10.2. The van der Waals surface area contributed by atoms with Gasteiger partial charge in [0.1, 0.15) is 12.4 Å². The Bertz CT molecular complexity index is 199. The third-order valence-corrected chi connectivity index (χ3v) is 1.06. The fourth-order valence-corrected chi connectivity index (χ4v) is 0.617. The molecule has 0 bridgehead atoms. The zero-order valence-electron chi connectivity index (χ0n) is 5.41. The minimum absolute atomic E-state index is 0.0305. The molecule has 0 radical (unpaired) electrons. The highest BCUT2D eigenvalue weighted by molar-refractivity contribution is 4.88. The van der Waals surface area contributed by atoms with Crippen LogP contribution in [0.3, 0.4) is 0 Å². The number of aromatic nitrogens is 3. The largest absolute Gasteiger partial charge is 0.396 e. The van der Waals surface area contributed by atoms with Gasteiger partial charge < -0.3 is 10.2 Å². The lowest BCUT2D eigenvalue weighted by atomic mass is 10.4. The first-order valence-corrected chi connectivity index (χ1v) is 2.98. The van der Waals surface area contributed by atoms with Crippen LogP contribution < -0.4 is 0 Å². The highest BCUT2D eigenvalue weighted by Gasteiger charge is 1.99. The molecule has 1 aromatic rings. The van der Waals surface area contributed by atoms with Crippen molar-refractivity contribution in [1.29, 1.82) is 0 Å². The smallest absolute Gasteiger partial charge is 0.153 e. The van der Waals surface area contributed by atoms with E-state index in [4.69, 9.17) is 10.2 Å². The third kappa shape index (κ3) is 1.52. The van der Waals surface area contributed by atoms with Crippen LogP contribution in [0.4, 0.5) is 0 Å². The number of aliphatic hydroxyl groups is 2. The molecule has 10 heavy (non-hydrogen) atoms. The average molecular weight is 143 g/mol. The van der Waals surface area contributed by atoms with Gasteiger partial charge in [0.15, 0.2) is 5.82 Å². The van der Waals surface area contributed by atoms with E-state index in [2.05, 4.69) is 15.2 Å². The van der Waals surface area contributed by atoms with Crippen LogP contribution in [0.2, 0.25) is 0 Å². The Morgan fingerprint density at radius 2 is 2.20 bits per heavy atom. The van der Waals surface area contributed by atoms with Gasteiger partial charge in [-0.2, -0.15) is 5.10 Å². The molecule has 0 aliphatic rings. The summed E-state index contributed by atoms with van der Waals surface area (Å²) in [6.07, 6.45) is 0.427. The Kier molecular flexibility index (Phi) is 2.35. The van der Waals surface area contributed by atoms with Crippen LogP contribution in [-0.4, -0.2) is 32.0 Å². The van der Waals surface area contributed by atoms with E-state index in [1.807, 2.05) is 0 Å². The highest BCUT2D eigenvalue weighted by atomic mass is 16.3. The molecule has 0 spiro atoms. The molecule has 0 aliphatic carbocycles. The summed E-state index contributed by atoms with van der Waals surface area (Å²) >= 11 is 0. The predicted octanol–water partition coefficient (Wildman–Crippen LogP) is -1.17. The lowest BCUT2D eigenvalue weighted by molar-refractivity contribution is 0.271. The Morgan fingerprint density at radius 1 is 1.40 bits per heavy atom. The first-order valence-electron chi connectivity index (χ1n) is 2.98. The number of aromatic amines is 1. The predicted molar refractivity (Wildman–Crippen MR) is 33.1 cm³/mol. The maximum Gasteiger partial charge on any atom is 0.153 e. The van der Waals surface area contributed by atoms with Crippen LogP contribution in [0.5, 0.6) is 0 Å².